The van der Waals surface area contributed by atoms with E-state index < -0.39 is 9.80 Å². The molecule has 28 heavy (non-hydrogen) atoms. The first-order valence-corrected chi connectivity index (χ1v) is 10.8. The Hall–Kier alpha value is -2.54. The standard InChI is InChI=1S/C22H25N3O2S/c1-23(2)15-16-25-20-13-7-6-12-19(20)22(24(25)3)28(26,27)21-14-8-10-17-9-4-5-11-18(17)21/h4-14H,15-16H2,1-3H3,(H,26,27). The van der Waals surface area contributed by atoms with Crippen molar-refractivity contribution in [2.24, 2.45) is 7.05 Å². The lowest BCUT2D eigenvalue weighted by atomic mass is 10.1. The summed E-state index contributed by atoms with van der Waals surface area (Å²) in [5, 5.41) is 2.58. The van der Waals surface area contributed by atoms with E-state index in [0.29, 0.717) is 9.54 Å². The Morgan fingerprint density at radius 3 is 2.32 bits per heavy atom. The van der Waals surface area contributed by atoms with Gasteiger partial charge in [-0.3, -0.25) is 9.36 Å². The minimum atomic E-state index is -3.46. The molecular weight excluding hydrogens is 370 g/mol. The summed E-state index contributed by atoms with van der Waals surface area (Å²) >= 11 is 0. The van der Waals surface area contributed by atoms with Gasteiger partial charge in [-0.2, -0.15) is 0 Å². The minimum Gasteiger partial charge on any atom is -0.308 e. The summed E-state index contributed by atoms with van der Waals surface area (Å²) in [6.07, 6.45) is 0. The highest BCUT2D eigenvalue weighted by Gasteiger charge is 2.18. The maximum Gasteiger partial charge on any atom is 0.148 e. The van der Waals surface area contributed by atoms with E-state index in [1.807, 2.05) is 86.5 Å². The van der Waals surface area contributed by atoms with Crippen molar-refractivity contribution in [2.45, 2.75) is 11.4 Å². The molecule has 0 saturated carbocycles. The summed E-state index contributed by atoms with van der Waals surface area (Å²) < 4.78 is 29.7. The maximum absolute atomic E-state index is 13.9. The third-order valence-electron chi connectivity index (χ3n) is 5.14. The molecule has 1 unspecified atom stereocenters. The molecule has 0 saturated heterocycles. The molecule has 146 valence electrons. The molecule has 1 N–H and O–H groups in total. The fourth-order valence-corrected chi connectivity index (χ4v) is 5.64. The average Bonchev–Trinajstić information content (AvgIpc) is 2.97. The van der Waals surface area contributed by atoms with E-state index in [4.69, 9.17) is 0 Å². The first kappa shape index (κ1) is 18.8. The Morgan fingerprint density at radius 2 is 1.57 bits per heavy atom. The molecule has 4 rings (SSSR count). The zero-order chi connectivity index (χ0) is 19.9. The van der Waals surface area contributed by atoms with E-state index in [2.05, 4.69) is 9.58 Å². The van der Waals surface area contributed by atoms with Crippen LogP contribution in [0.2, 0.25) is 0 Å². The second kappa shape index (κ2) is 7.13. The number of nitrogens with zero attached hydrogens (tertiary/aromatic N) is 3. The van der Waals surface area contributed by atoms with Crippen molar-refractivity contribution in [3.63, 3.8) is 0 Å². The van der Waals surface area contributed by atoms with Crippen LogP contribution in [0.4, 0.5) is 0 Å². The van der Waals surface area contributed by atoms with Crippen molar-refractivity contribution in [1.82, 2.24) is 14.3 Å². The summed E-state index contributed by atoms with van der Waals surface area (Å²) in [5.74, 6) is 0. The van der Waals surface area contributed by atoms with Crippen LogP contribution >= 0.6 is 0 Å². The monoisotopic (exact) mass is 395 g/mol. The predicted octanol–water partition coefficient (Wildman–Crippen LogP) is 4.04. The molecule has 5 nitrogen and oxygen atoms in total. The van der Waals surface area contributed by atoms with Gasteiger partial charge in [0, 0.05) is 19.0 Å². The molecule has 0 bridgehead atoms. The molecule has 1 aromatic heterocycles. The maximum atomic E-state index is 13.9. The Kier molecular flexibility index (Phi) is 4.79. The number of rotatable bonds is 4. The van der Waals surface area contributed by atoms with E-state index in [-0.39, 0.29) is 0 Å². The van der Waals surface area contributed by atoms with E-state index in [1.54, 1.807) is 6.07 Å². The van der Waals surface area contributed by atoms with Gasteiger partial charge < -0.3 is 9.45 Å². The number of benzene rings is 3. The molecule has 0 amide bonds. The molecule has 0 aliphatic heterocycles. The number of hydrogen-bond acceptors (Lipinski definition) is 2. The van der Waals surface area contributed by atoms with Crippen LogP contribution in [0.25, 0.3) is 21.7 Å². The lowest BCUT2D eigenvalue weighted by Gasteiger charge is -2.14. The van der Waals surface area contributed by atoms with Gasteiger partial charge >= 0.3 is 0 Å². The SMILES string of the molecule is CN(C)CCn1c2ccccc2c(=S(=O)(O)c2cccc3ccccc23)n1C. The third kappa shape index (κ3) is 3.03. The van der Waals surface area contributed by atoms with Crippen molar-refractivity contribution >= 4 is 31.5 Å². The number of hydrogen-bond donors (Lipinski definition) is 1. The first-order valence-electron chi connectivity index (χ1n) is 9.28. The molecule has 0 radical (unpaired) electrons. The smallest absolute Gasteiger partial charge is 0.148 e. The number of fused-ring (bicyclic) bond motifs is 2. The highest BCUT2D eigenvalue weighted by molar-refractivity contribution is 7.90. The zero-order valence-electron chi connectivity index (χ0n) is 16.4. The molecule has 0 fully saturated rings. The largest absolute Gasteiger partial charge is 0.308 e. The molecule has 0 aliphatic rings. The third-order valence-corrected chi connectivity index (χ3v) is 7.10. The molecule has 0 aliphatic carbocycles. The average molecular weight is 396 g/mol. The fraction of sp³-hybridized carbons (Fsp3) is 0.227. The van der Waals surface area contributed by atoms with Crippen LogP contribution in [0.15, 0.2) is 71.6 Å². The van der Waals surface area contributed by atoms with Crippen LogP contribution in [0.3, 0.4) is 0 Å². The topological polar surface area (TPSA) is 50.4 Å². The van der Waals surface area contributed by atoms with Gasteiger partial charge in [-0.25, -0.2) is 4.21 Å². The molecule has 0 spiro atoms. The minimum absolute atomic E-state index is 0.443. The van der Waals surface area contributed by atoms with Gasteiger partial charge in [0.05, 0.1) is 17.0 Å². The Bertz CT molecular complexity index is 1320. The number of likely N-dealkylation sites (N-methyl/N-ethyl adjacent to an activating group) is 1. The Morgan fingerprint density at radius 1 is 0.929 bits per heavy atom. The normalized spacial score (nSPS) is 14.0. The second-order valence-corrected chi connectivity index (χ2v) is 9.15. The fourth-order valence-electron chi connectivity index (χ4n) is 3.76. The van der Waals surface area contributed by atoms with Crippen molar-refractivity contribution in [2.75, 3.05) is 20.6 Å². The van der Waals surface area contributed by atoms with Gasteiger partial charge in [-0.1, -0.05) is 48.5 Å². The van der Waals surface area contributed by atoms with Crippen molar-refractivity contribution in [3.05, 3.63) is 71.4 Å². The molecule has 4 aromatic rings. The van der Waals surface area contributed by atoms with Crippen molar-refractivity contribution in [1.29, 1.82) is 0 Å². The zero-order valence-corrected chi connectivity index (χ0v) is 17.2. The summed E-state index contributed by atoms with van der Waals surface area (Å²) in [7, 11) is 2.46. The van der Waals surface area contributed by atoms with Gasteiger partial charge in [0.25, 0.3) is 0 Å². The molecular formula is C22H25N3O2S. The van der Waals surface area contributed by atoms with Crippen LogP contribution in [-0.2, 0) is 23.4 Å². The van der Waals surface area contributed by atoms with Crippen LogP contribution < -0.4 is 0 Å². The van der Waals surface area contributed by atoms with Gasteiger partial charge in [0.15, 0.2) is 0 Å². The van der Waals surface area contributed by atoms with Crippen molar-refractivity contribution < 1.29 is 8.76 Å². The van der Waals surface area contributed by atoms with Crippen molar-refractivity contribution in [3.8, 4) is 0 Å². The summed E-state index contributed by atoms with van der Waals surface area (Å²) in [6.45, 7) is 1.57. The Labute approximate surface area is 165 Å². The van der Waals surface area contributed by atoms with Crippen LogP contribution in [0, 0.1) is 4.64 Å². The lowest BCUT2D eigenvalue weighted by Crippen LogP contribution is -2.22. The van der Waals surface area contributed by atoms with Gasteiger partial charge in [0.1, 0.15) is 14.4 Å². The van der Waals surface area contributed by atoms with Gasteiger partial charge in [-0.15, -0.1) is 0 Å². The number of para-hydroxylation sites is 1. The number of aromatic nitrogens is 2. The van der Waals surface area contributed by atoms with E-state index in [1.165, 1.54) is 0 Å². The van der Waals surface area contributed by atoms with E-state index >= 15 is 0 Å². The molecule has 1 heterocycles. The highest BCUT2D eigenvalue weighted by atomic mass is 32.2. The summed E-state index contributed by atoms with van der Waals surface area (Å²) in [4.78, 5) is 2.56. The first-order chi connectivity index (χ1) is 13.4. The van der Waals surface area contributed by atoms with Gasteiger partial charge in [-0.05, 0) is 43.1 Å². The van der Waals surface area contributed by atoms with Crippen LogP contribution in [0.5, 0.6) is 0 Å². The lowest BCUT2D eigenvalue weighted by molar-refractivity contribution is 0.360. The Balaban J connectivity index is 2.13. The second-order valence-electron chi connectivity index (χ2n) is 7.28. The summed E-state index contributed by atoms with van der Waals surface area (Å²) in [6, 6.07) is 21.1. The van der Waals surface area contributed by atoms with E-state index in [9.17, 15) is 8.76 Å². The highest BCUT2D eigenvalue weighted by Crippen LogP contribution is 2.27. The van der Waals surface area contributed by atoms with Gasteiger partial charge in [0.2, 0.25) is 0 Å². The van der Waals surface area contributed by atoms with Crippen LogP contribution in [-0.4, -0.2) is 43.7 Å². The summed E-state index contributed by atoms with van der Waals surface area (Å²) in [5.41, 5.74) is 0.962. The molecule has 1 atom stereocenters. The molecule has 6 heteroatoms. The van der Waals surface area contributed by atoms with Crippen LogP contribution in [0.1, 0.15) is 0 Å². The van der Waals surface area contributed by atoms with E-state index in [0.717, 1.165) is 34.8 Å². The quantitative estimate of drug-likeness (QED) is 0.531. The molecule has 3 aromatic carbocycles. The predicted molar refractivity (Wildman–Crippen MR) is 116 cm³/mol.